The summed E-state index contributed by atoms with van der Waals surface area (Å²) in [5.74, 6) is 2.37. The number of aromatic nitrogens is 2. The average Bonchev–Trinajstić information content (AvgIpc) is 3.01. The first-order chi connectivity index (χ1) is 7.93. The Morgan fingerprint density at radius 3 is 3.00 bits per heavy atom. The van der Waals surface area contributed by atoms with Gasteiger partial charge in [-0.2, -0.15) is 4.98 Å². The molecule has 2 unspecified atom stereocenters. The van der Waals surface area contributed by atoms with Gasteiger partial charge in [-0.25, -0.2) is 0 Å². The van der Waals surface area contributed by atoms with Crippen LogP contribution in [-0.4, -0.2) is 36.4 Å². The molecule has 1 aromatic heterocycles. The second-order valence-corrected chi connectivity index (χ2v) is 4.59. The van der Waals surface area contributed by atoms with Crippen LogP contribution in [0.5, 0.6) is 0 Å². The van der Waals surface area contributed by atoms with Crippen LogP contribution >= 0.6 is 0 Å². The van der Waals surface area contributed by atoms with Crippen LogP contribution in [0.4, 0.5) is 0 Å². The first-order valence-corrected chi connectivity index (χ1v) is 6.05. The Morgan fingerprint density at radius 1 is 1.25 bits per heavy atom. The number of hydrogen-bond acceptors (Lipinski definition) is 5. The molecule has 0 spiro atoms. The number of hydrogen-bond donors (Lipinski definition) is 1. The van der Waals surface area contributed by atoms with Gasteiger partial charge in [-0.1, -0.05) is 5.16 Å². The highest BCUT2D eigenvalue weighted by molar-refractivity contribution is 5.01. The van der Waals surface area contributed by atoms with E-state index in [0.717, 1.165) is 50.9 Å². The van der Waals surface area contributed by atoms with Gasteiger partial charge in [0, 0.05) is 19.1 Å². The molecule has 2 aliphatic heterocycles. The predicted molar refractivity (Wildman–Crippen MR) is 57.3 cm³/mol. The van der Waals surface area contributed by atoms with E-state index in [1.54, 1.807) is 0 Å². The molecule has 1 aromatic rings. The van der Waals surface area contributed by atoms with Crippen molar-refractivity contribution in [3.63, 3.8) is 0 Å². The van der Waals surface area contributed by atoms with Gasteiger partial charge in [-0.3, -0.25) is 0 Å². The van der Waals surface area contributed by atoms with Crippen molar-refractivity contribution in [1.29, 1.82) is 0 Å². The number of nitrogens with zero attached hydrogens (tertiary/aromatic N) is 2. The van der Waals surface area contributed by atoms with Crippen molar-refractivity contribution >= 4 is 0 Å². The lowest BCUT2D eigenvalue weighted by atomic mass is 10.00. The fourth-order valence-electron chi connectivity index (χ4n) is 2.38. The third-order valence-electron chi connectivity index (χ3n) is 3.40. The van der Waals surface area contributed by atoms with Crippen molar-refractivity contribution in [1.82, 2.24) is 15.5 Å². The minimum Gasteiger partial charge on any atom is -0.381 e. The number of nitrogens with one attached hydrogen (secondary N) is 1. The van der Waals surface area contributed by atoms with Gasteiger partial charge in [0.2, 0.25) is 5.89 Å². The molecule has 0 aliphatic carbocycles. The molecule has 2 saturated heterocycles. The molecular weight excluding hydrogens is 206 g/mol. The summed E-state index contributed by atoms with van der Waals surface area (Å²) in [6, 6.07) is 0. The molecule has 5 heteroatoms. The smallest absolute Gasteiger partial charge is 0.231 e. The highest BCUT2D eigenvalue weighted by Crippen LogP contribution is 2.26. The van der Waals surface area contributed by atoms with Crippen LogP contribution < -0.4 is 5.32 Å². The quantitative estimate of drug-likeness (QED) is 0.811. The number of piperidine rings is 1. The number of ether oxygens (including phenoxy) is 1. The highest BCUT2D eigenvalue weighted by atomic mass is 16.5. The number of rotatable bonds is 2. The van der Waals surface area contributed by atoms with E-state index < -0.39 is 0 Å². The van der Waals surface area contributed by atoms with E-state index in [2.05, 4.69) is 15.5 Å². The summed E-state index contributed by atoms with van der Waals surface area (Å²) < 4.78 is 10.7. The van der Waals surface area contributed by atoms with Crippen LogP contribution in [0.3, 0.4) is 0 Å². The molecule has 0 saturated carbocycles. The summed E-state index contributed by atoms with van der Waals surface area (Å²) >= 11 is 0. The Labute approximate surface area is 94.6 Å². The molecule has 0 bridgehead atoms. The van der Waals surface area contributed by atoms with Crippen LogP contribution in [-0.2, 0) is 4.74 Å². The van der Waals surface area contributed by atoms with Crippen molar-refractivity contribution in [3.8, 4) is 0 Å². The molecule has 5 nitrogen and oxygen atoms in total. The highest BCUT2D eigenvalue weighted by Gasteiger charge is 2.26. The minimum atomic E-state index is 0.342. The average molecular weight is 223 g/mol. The maximum Gasteiger partial charge on any atom is 0.231 e. The van der Waals surface area contributed by atoms with E-state index in [1.807, 2.05) is 0 Å². The fourth-order valence-corrected chi connectivity index (χ4v) is 2.38. The lowest BCUT2D eigenvalue weighted by Crippen LogP contribution is -2.28. The Bertz CT molecular complexity index is 341. The maximum absolute atomic E-state index is 5.36. The van der Waals surface area contributed by atoms with Crippen molar-refractivity contribution < 1.29 is 9.26 Å². The Kier molecular flexibility index (Phi) is 2.88. The van der Waals surface area contributed by atoms with Crippen molar-refractivity contribution in [3.05, 3.63) is 11.7 Å². The second-order valence-electron chi connectivity index (χ2n) is 4.59. The Hall–Kier alpha value is -0.940. The summed E-state index contributed by atoms with van der Waals surface area (Å²) in [4.78, 5) is 4.52. The van der Waals surface area contributed by atoms with Gasteiger partial charge >= 0.3 is 0 Å². The Balaban J connectivity index is 1.71. The molecule has 88 valence electrons. The zero-order valence-electron chi connectivity index (χ0n) is 9.32. The molecule has 0 amide bonds. The van der Waals surface area contributed by atoms with Crippen LogP contribution in [0.15, 0.2) is 4.52 Å². The monoisotopic (exact) mass is 223 g/mol. The Morgan fingerprint density at radius 2 is 2.25 bits per heavy atom. The van der Waals surface area contributed by atoms with Gasteiger partial charge in [0.1, 0.15) is 0 Å². The third kappa shape index (κ3) is 1.97. The summed E-state index contributed by atoms with van der Waals surface area (Å²) in [7, 11) is 0. The van der Waals surface area contributed by atoms with Crippen LogP contribution in [0.1, 0.15) is 42.8 Å². The molecule has 2 fully saturated rings. The lowest BCUT2D eigenvalue weighted by molar-refractivity contribution is 0.192. The second kappa shape index (κ2) is 4.51. The molecule has 0 radical (unpaired) electrons. The van der Waals surface area contributed by atoms with Gasteiger partial charge in [-0.15, -0.1) is 0 Å². The lowest BCUT2D eigenvalue weighted by Gasteiger charge is -2.18. The van der Waals surface area contributed by atoms with Crippen LogP contribution in [0.25, 0.3) is 0 Å². The molecule has 1 N–H and O–H groups in total. The van der Waals surface area contributed by atoms with Gasteiger partial charge in [0.25, 0.3) is 0 Å². The van der Waals surface area contributed by atoms with Gasteiger partial charge in [0.15, 0.2) is 5.82 Å². The molecular formula is C11H17N3O2. The molecule has 2 aliphatic rings. The fraction of sp³-hybridized carbons (Fsp3) is 0.818. The molecule has 2 atom stereocenters. The van der Waals surface area contributed by atoms with Crippen LogP contribution in [0.2, 0.25) is 0 Å². The maximum atomic E-state index is 5.36. The zero-order chi connectivity index (χ0) is 10.8. The van der Waals surface area contributed by atoms with E-state index in [1.165, 1.54) is 6.42 Å². The SMILES string of the molecule is C1CNCC(c2nc(C3CCOC3)no2)C1. The molecule has 16 heavy (non-hydrogen) atoms. The first kappa shape index (κ1) is 10.2. The third-order valence-corrected chi connectivity index (χ3v) is 3.40. The first-order valence-electron chi connectivity index (χ1n) is 6.05. The standard InChI is InChI=1S/C11H17N3O2/c1-2-8(6-12-4-1)11-13-10(14-16-11)9-3-5-15-7-9/h8-9,12H,1-7H2. The van der Waals surface area contributed by atoms with Crippen LogP contribution in [0, 0.1) is 0 Å². The summed E-state index contributed by atoms with van der Waals surface area (Å²) in [5.41, 5.74) is 0. The van der Waals surface area contributed by atoms with E-state index in [-0.39, 0.29) is 0 Å². The molecule has 0 aromatic carbocycles. The van der Waals surface area contributed by atoms with Gasteiger partial charge in [-0.05, 0) is 25.8 Å². The zero-order valence-corrected chi connectivity index (χ0v) is 9.32. The van der Waals surface area contributed by atoms with E-state index in [9.17, 15) is 0 Å². The van der Waals surface area contributed by atoms with Crippen molar-refractivity contribution in [2.24, 2.45) is 0 Å². The topological polar surface area (TPSA) is 60.2 Å². The van der Waals surface area contributed by atoms with Crippen molar-refractivity contribution in [2.75, 3.05) is 26.3 Å². The summed E-state index contributed by atoms with van der Waals surface area (Å²) in [6.45, 7) is 3.62. The minimum absolute atomic E-state index is 0.342. The van der Waals surface area contributed by atoms with E-state index in [4.69, 9.17) is 9.26 Å². The van der Waals surface area contributed by atoms with E-state index in [0.29, 0.717) is 11.8 Å². The summed E-state index contributed by atoms with van der Waals surface area (Å²) in [5, 5.41) is 7.44. The normalized spacial score (nSPS) is 30.8. The van der Waals surface area contributed by atoms with E-state index >= 15 is 0 Å². The molecule has 3 rings (SSSR count). The predicted octanol–water partition coefficient (Wildman–Crippen LogP) is 1.04. The molecule has 3 heterocycles. The van der Waals surface area contributed by atoms with Gasteiger partial charge in [0.05, 0.1) is 12.5 Å². The summed E-state index contributed by atoms with van der Waals surface area (Å²) in [6.07, 6.45) is 3.35. The van der Waals surface area contributed by atoms with Crippen molar-refractivity contribution in [2.45, 2.75) is 31.1 Å². The largest absolute Gasteiger partial charge is 0.381 e. The van der Waals surface area contributed by atoms with Gasteiger partial charge < -0.3 is 14.6 Å².